The summed E-state index contributed by atoms with van der Waals surface area (Å²) < 4.78 is 59.8. The van der Waals surface area contributed by atoms with Crippen LogP contribution in [0.4, 0.5) is 5.69 Å². The highest BCUT2D eigenvalue weighted by Gasteiger charge is 2.40. The number of hydrogen-bond acceptors (Lipinski definition) is 17. The van der Waals surface area contributed by atoms with E-state index in [4.69, 9.17) is 83.3 Å². The number of azide groups is 1. The van der Waals surface area contributed by atoms with E-state index in [-0.39, 0.29) is 70.7 Å². The van der Waals surface area contributed by atoms with E-state index in [9.17, 15) is 0 Å². The number of fused-ring (bicyclic) bond motifs is 8. The molecule has 0 spiro atoms. The zero-order valence-corrected chi connectivity index (χ0v) is 61.9. The summed E-state index contributed by atoms with van der Waals surface area (Å²) >= 11 is 0. The molecule has 109 heavy (non-hydrogen) atoms. The Morgan fingerprint density at radius 3 is 0.633 bits per heavy atom. The van der Waals surface area contributed by atoms with E-state index in [2.05, 4.69) is 86.3 Å². The molecule has 0 saturated heterocycles. The lowest BCUT2D eigenvalue weighted by atomic mass is 9.76. The summed E-state index contributed by atoms with van der Waals surface area (Å²) in [6, 6.07) is 58.0. The second-order valence-electron chi connectivity index (χ2n) is 29.0. The van der Waals surface area contributed by atoms with E-state index in [0.717, 1.165) is 173 Å². The first-order valence-electron chi connectivity index (χ1n) is 39.1. The summed E-state index contributed by atoms with van der Waals surface area (Å²) in [6.45, 7) is 9.05. The van der Waals surface area contributed by atoms with Crippen LogP contribution in [0.2, 0.25) is 0 Å². The van der Waals surface area contributed by atoms with Gasteiger partial charge in [0.1, 0.15) is 46.0 Å². The Labute approximate surface area is 633 Å². The number of hydrogen-bond donors (Lipinski definition) is 0. The summed E-state index contributed by atoms with van der Waals surface area (Å²) in [4.78, 5) is 44.8. The molecule has 8 heterocycles. The van der Waals surface area contributed by atoms with E-state index in [0.29, 0.717) is 95.8 Å². The first-order valence-corrected chi connectivity index (χ1v) is 39.1. The van der Waals surface area contributed by atoms with Crippen molar-refractivity contribution in [2.75, 3.05) is 0 Å². The second kappa shape index (κ2) is 31.5. The van der Waals surface area contributed by atoms with Crippen molar-refractivity contribution < 1.29 is 37.9 Å². The molecular weight excluding hydrogens is 1360 g/mol. The fourth-order valence-electron chi connectivity index (χ4n) is 16.1. The molecule has 5 aliphatic rings. The third kappa shape index (κ3) is 14.4. The molecular formula is C90H85N11O8. The van der Waals surface area contributed by atoms with Gasteiger partial charge in [0.25, 0.3) is 47.0 Å². The van der Waals surface area contributed by atoms with Crippen LogP contribution >= 0.6 is 0 Å². The van der Waals surface area contributed by atoms with Gasteiger partial charge in [-0.2, -0.15) is 0 Å². The van der Waals surface area contributed by atoms with Crippen molar-refractivity contribution in [2.45, 2.75) is 180 Å². The van der Waals surface area contributed by atoms with E-state index in [1.54, 1.807) is 12.1 Å². The zero-order chi connectivity index (χ0) is 73.7. The van der Waals surface area contributed by atoms with Gasteiger partial charge < -0.3 is 37.9 Å². The summed E-state index contributed by atoms with van der Waals surface area (Å²) in [7, 11) is 0. The van der Waals surface area contributed by atoms with Crippen LogP contribution in [0, 0.1) is 0 Å². The fraction of sp³-hybridized carbons (Fsp3) is 0.311. The maximum atomic E-state index is 7.98. The number of ether oxygens (including phenoxy) is 8. The van der Waals surface area contributed by atoms with Crippen LogP contribution in [-0.4, -0.2) is 39.9 Å². The molecule has 18 rings (SSSR count). The van der Waals surface area contributed by atoms with E-state index >= 15 is 0 Å². The molecule has 13 aromatic rings. The Hall–Kier alpha value is -12.0. The SMILES string of the molecule is CCCCCCC1c2cc3c4cc2Oc2nc5ccccc5nc2Oc2cc5c(cc21)C(CCCCCC)c1cc2c(cc1Oc1nc6ccccc6nc1O5)Oc1nc5ccccc5nc1Oc1cc(c(cc1C2CCCCCC)C3CCCCCC)Oc1nc2ccccc2nc1O4.[N-]=[N+]=Nc1ccccc1. The van der Waals surface area contributed by atoms with Crippen LogP contribution < -0.4 is 37.9 Å². The molecule has 0 N–H and O–H groups in total. The van der Waals surface area contributed by atoms with Crippen LogP contribution in [0.3, 0.4) is 0 Å². The maximum Gasteiger partial charge on any atom is 0.284 e. The highest BCUT2D eigenvalue weighted by atomic mass is 16.6. The summed E-state index contributed by atoms with van der Waals surface area (Å²) in [5, 5.41) is 3.39. The molecule has 0 fully saturated rings. The van der Waals surface area contributed by atoms with Gasteiger partial charge in [0.15, 0.2) is 0 Å². The molecule has 19 heteroatoms. The number of nitrogens with zero attached hydrogens (tertiary/aromatic N) is 11. The lowest BCUT2D eigenvalue weighted by Gasteiger charge is -2.30. The molecule has 8 bridgehead atoms. The van der Waals surface area contributed by atoms with E-state index in [1.807, 2.05) is 115 Å². The van der Waals surface area contributed by atoms with Crippen molar-refractivity contribution in [1.29, 1.82) is 0 Å². The number of rotatable bonds is 21. The van der Waals surface area contributed by atoms with Gasteiger partial charge in [0.2, 0.25) is 0 Å². The summed E-state index contributed by atoms with van der Waals surface area (Å²) in [6.07, 6.45) is 19.2. The Bertz CT molecular complexity index is 4730. The number of para-hydroxylation sites is 8. The minimum atomic E-state index is -0.345. The topological polar surface area (TPSA) is 226 Å². The molecule has 0 radical (unpaired) electrons. The highest BCUT2D eigenvalue weighted by Crippen LogP contribution is 2.59. The second-order valence-corrected chi connectivity index (χ2v) is 29.0. The minimum absolute atomic E-state index is 0.194. The van der Waals surface area contributed by atoms with Gasteiger partial charge in [-0.05, 0) is 104 Å². The molecule has 4 aliphatic heterocycles. The molecule has 0 amide bonds. The largest absolute Gasteiger partial charge is 0.434 e. The first-order chi connectivity index (χ1) is 53.8. The van der Waals surface area contributed by atoms with Crippen molar-refractivity contribution in [2.24, 2.45) is 5.11 Å². The van der Waals surface area contributed by atoms with Gasteiger partial charge in [-0.3, -0.25) is 0 Å². The van der Waals surface area contributed by atoms with E-state index < -0.39 is 0 Å². The van der Waals surface area contributed by atoms with Crippen LogP contribution in [0.25, 0.3) is 54.6 Å². The predicted octanol–water partition coefficient (Wildman–Crippen LogP) is 26.4. The van der Waals surface area contributed by atoms with Crippen LogP contribution in [0.15, 0.2) is 181 Å². The van der Waals surface area contributed by atoms with Gasteiger partial charge in [-0.1, -0.05) is 214 Å². The van der Waals surface area contributed by atoms with Gasteiger partial charge in [-0.25, -0.2) is 39.9 Å². The summed E-state index contributed by atoms with van der Waals surface area (Å²) in [5.74, 6) is 4.56. The van der Waals surface area contributed by atoms with Crippen LogP contribution in [0.1, 0.15) is 224 Å². The maximum absolute atomic E-state index is 7.98. The Morgan fingerprint density at radius 2 is 0.450 bits per heavy atom. The third-order valence-corrected chi connectivity index (χ3v) is 21.6. The lowest BCUT2D eigenvalue weighted by molar-refractivity contribution is 0.377. The van der Waals surface area contributed by atoms with Crippen molar-refractivity contribution in [3.05, 3.63) is 231 Å². The number of unbranched alkanes of at least 4 members (excludes halogenated alkanes) is 12. The average molecular weight is 1450 g/mol. The van der Waals surface area contributed by atoms with Crippen LogP contribution in [-0.2, 0) is 0 Å². The van der Waals surface area contributed by atoms with Gasteiger partial charge in [-0.15, -0.1) is 0 Å². The summed E-state index contributed by atoms with van der Waals surface area (Å²) in [5.41, 5.74) is 21.4. The van der Waals surface area contributed by atoms with E-state index in [1.165, 1.54) is 0 Å². The smallest absolute Gasteiger partial charge is 0.284 e. The predicted molar refractivity (Wildman–Crippen MR) is 422 cm³/mol. The molecule has 0 unspecified atom stereocenters. The molecule has 548 valence electrons. The Kier molecular flexibility index (Phi) is 20.2. The lowest BCUT2D eigenvalue weighted by Crippen LogP contribution is -2.13. The van der Waals surface area contributed by atoms with Gasteiger partial charge in [0.05, 0.1) is 44.1 Å². The quantitative estimate of drug-likeness (QED) is 0.0282. The van der Waals surface area contributed by atoms with Gasteiger partial charge >= 0.3 is 0 Å². The normalized spacial score (nSPS) is 15.7. The minimum Gasteiger partial charge on any atom is -0.434 e. The van der Waals surface area contributed by atoms with Gasteiger partial charge in [0, 0.05) is 103 Å². The molecule has 19 nitrogen and oxygen atoms in total. The Balaban J connectivity index is 0.000000901. The van der Waals surface area contributed by atoms with Crippen molar-refractivity contribution >= 4 is 49.8 Å². The highest BCUT2D eigenvalue weighted by molar-refractivity contribution is 5.80. The van der Waals surface area contributed by atoms with Crippen molar-refractivity contribution in [3.8, 4) is 93.0 Å². The third-order valence-electron chi connectivity index (χ3n) is 21.6. The standard InChI is InChI=1S/C84H80N8O8.C6H5N3/c1-5-9-13-17-29-49-53-41-55-50(30-18-14-10-6-2)57-43-59-52(32-20-16-12-8-4)60-44-58-51(31-19-15-11-7-3)56-42-54(49)70-46-72(56)96-80-82(90-66-38-26-24-36-64(66)88-80)98-74(58)48-76(60)100-84-83(91-67-39-27-28-40-68(67)92-84)99-75(59)47-73(57)97-81-79(87-63-35-23-25-37-65(63)89-81)95-71(55)45-69(53)93-77-78(94-70)86-62-34-22-21-33-61(62)85-77;7-9-8-6-4-2-1-3-5-6/h21-28,33-52H,5-20,29-32H2,1-4H3;1-5H. The monoisotopic (exact) mass is 1450 g/mol. The molecule has 0 saturated carbocycles. The molecule has 0 atom stereocenters. The molecule has 9 aromatic carbocycles. The molecule has 1 aliphatic carbocycles. The first kappa shape index (κ1) is 70.1. The average Bonchev–Trinajstić information content (AvgIpc) is 1.66. The van der Waals surface area contributed by atoms with Crippen molar-refractivity contribution in [3.63, 3.8) is 0 Å². The van der Waals surface area contributed by atoms with Crippen molar-refractivity contribution in [1.82, 2.24) is 39.9 Å². The van der Waals surface area contributed by atoms with Crippen LogP contribution in [0.5, 0.6) is 93.0 Å². The number of aromatic nitrogens is 8. The molecule has 4 aromatic heterocycles. The number of benzene rings is 9. The Morgan fingerprint density at radius 1 is 0.257 bits per heavy atom. The fourth-order valence-corrected chi connectivity index (χ4v) is 16.1. The zero-order valence-electron chi connectivity index (χ0n) is 61.9.